The summed E-state index contributed by atoms with van der Waals surface area (Å²) in [5.41, 5.74) is 4.01. The number of carboxylic acids is 1. The van der Waals surface area contributed by atoms with Crippen molar-refractivity contribution in [2.45, 2.75) is 103 Å². The maximum atomic E-state index is 13.3. The Balaban J connectivity index is 1.31. The number of allylic oxidation sites excluding steroid dienone is 1. The number of aliphatic carboxylic acids is 1. The molecule has 41 heavy (non-hydrogen) atoms. The molecule has 0 aromatic rings. The van der Waals surface area contributed by atoms with Crippen LogP contribution in [0.3, 0.4) is 0 Å². The first-order valence-corrected chi connectivity index (χ1v) is 14.7. The lowest BCUT2D eigenvalue weighted by molar-refractivity contribution is -0.170. The summed E-state index contributed by atoms with van der Waals surface area (Å²) in [6.45, 7) is 3.66. The van der Waals surface area contributed by atoms with Gasteiger partial charge < -0.3 is 26.0 Å². The third-order valence-corrected chi connectivity index (χ3v) is 10.8. The number of nitrogens with two attached hydrogens (primary N) is 1. The van der Waals surface area contributed by atoms with E-state index in [-0.39, 0.29) is 42.8 Å². The Bertz CT molecular complexity index is 1160. The highest BCUT2D eigenvalue weighted by molar-refractivity contribution is 5.92. The van der Waals surface area contributed by atoms with E-state index < -0.39 is 53.2 Å². The Morgan fingerprint density at radius 1 is 1.02 bits per heavy atom. The van der Waals surface area contributed by atoms with Crippen molar-refractivity contribution in [3.05, 3.63) is 11.6 Å². The molecule has 0 aromatic heterocycles. The van der Waals surface area contributed by atoms with Gasteiger partial charge >= 0.3 is 11.9 Å². The number of carbonyl (C=O) groups is 6. The molecule has 0 saturated heterocycles. The van der Waals surface area contributed by atoms with E-state index in [4.69, 9.17) is 10.5 Å². The van der Waals surface area contributed by atoms with Gasteiger partial charge in [0, 0.05) is 24.7 Å². The topological polar surface area (TPSA) is 190 Å². The zero-order valence-corrected chi connectivity index (χ0v) is 23.9. The van der Waals surface area contributed by atoms with Crippen molar-refractivity contribution < 1.29 is 43.7 Å². The second-order valence-corrected chi connectivity index (χ2v) is 12.9. The molecular formula is C30H42N2O9. The van der Waals surface area contributed by atoms with Crippen molar-refractivity contribution in [1.82, 2.24) is 5.32 Å². The second-order valence-electron chi connectivity index (χ2n) is 12.9. The number of fused-ring (bicyclic) bond motifs is 5. The fourth-order valence-electron chi connectivity index (χ4n) is 8.40. The standard InChI is InChI=1S/C30H42N2O9/c1-28-12-9-18(33)15-17(28)3-4-19-20(28)10-13-29(2)21(19)11-14-30(29,40)23(34)16-41-26(37)8-7-25(36)32-22(27(38)39)5-6-24(31)35/h15,19-22,40H,3-14,16H2,1-2H3,(H2,31,35)(H,32,36)(H,38,39). The highest BCUT2D eigenvalue weighted by Gasteiger charge is 2.66. The number of carbonyl (C=O) groups excluding carboxylic acids is 5. The molecule has 3 fully saturated rings. The van der Waals surface area contributed by atoms with Crippen LogP contribution in [0.5, 0.6) is 0 Å². The number of amides is 2. The molecule has 2 amide bonds. The average molecular weight is 575 g/mol. The summed E-state index contributed by atoms with van der Waals surface area (Å²) in [5.74, 6) is -2.97. The number of nitrogens with one attached hydrogen (secondary N) is 1. The number of carboxylic acid groups (broad SMARTS) is 1. The number of aliphatic hydroxyl groups is 1. The summed E-state index contributed by atoms with van der Waals surface area (Å²) in [6.07, 6.45) is 6.50. The van der Waals surface area contributed by atoms with Gasteiger partial charge in [-0.05, 0) is 80.6 Å². The number of Topliss-reactive ketones (excluding diaryl/α,β-unsaturated/α-hetero) is 1. The van der Waals surface area contributed by atoms with E-state index in [1.807, 2.05) is 13.0 Å². The summed E-state index contributed by atoms with van der Waals surface area (Å²) < 4.78 is 5.15. The van der Waals surface area contributed by atoms with Crippen LogP contribution in [-0.4, -0.2) is 63.8 Å². The van der Waals surface area contributed by atoms with Crippen LogP contribution in [0.1, 0.15) is 90.9 Å². The fraction of sp³-hybridized carbons (Fsp3) is 0.733. The number of hydrogen-bond acceptors (Lipinski definition) is 8. The second kappa shape index (κ2) is 11.7. The van der Waals surface area contributed by atoms with Gasteiger partial charge in [-0.3, -0.25) is 24.0 Å². The smallest absolute Gasteiger partial charge is 0.326 e. The number of rotatable bonds is 11. The molecule has 11 heteroatoms. The molecule has 0 bridgehead atoms. The maximum absolute atomic E-state index is 13.3. The van der Waals surface area contributed by atoms with Crippen LogP contribution in [0.4, 0.5) is 0 Å². The SMILES string of the molecule is CC12CCC(=O)C=C1CCC1C2CCC2(C)C1CCC2(O)C(=O)COC(=O)CCC(=O)NC(CCC(N)=O)C(=O)O. The molecule has 0 heterocycles. The summed E-state index contributed by atoms with van der Waals surface area (Å²) in [4.78, 5) is 72.0. The van der Waals surface area contributed by atoms with Crippen LogP contribution >= 0.6 is 0 Å². The Hall–Kier alpha value is -3.08. The number of esters is 1. The Morgan fingerprint density at radius 2 is 1.73 bits per heavy atom. The zero-order chi connectivity index (χ0) is 30.2. The minimum Gasteiger partial charge on any atom is -0.480 e. The first-order valence-electron chi connectivity index (χ1n) is 14.7. The highest BCUT2D eigenvalue weighted by Crippen LogP contribution is 2.67. The monoisotopic (exact) mass is 574 g/mol. The first kappa shape index (κ1) is 30.9. The minimum absolute atomic E-state index is 0.0168. The normalized spacial score (nSPS) is 34.8. The molecule has 3 saturated carbocycles. The lowest BCUT2D eigenvalue weighted by Gasteiger charge is -2.58. The van der Waals surface area contributed by atoms with Gasteiger partial charge in [0.15, 0.2) is 12.4 Å². The Kier molecular flexibility index (Phi) is 8.78. The van der Waals surface area contributed by atoms with E-state index in [9.17, 15) is 39.0 Å². The van der Waals surface area contributed by atoms with E-state index in [0.717, 1.165) is 25.7 Å². The van der Waals surface area contributed by atoms with Crippen LogP contribution in [0.25, 0.3) is 0 Å². The molecule has 4 aliphatic rings. The van der Waals surface area contributed by atoms with E-state index in [1.165, 1.54) is 5.57 Å². The molecule has 11 nitrogen and oxygen atoms in total. The lowest BCUT2D eigenvalue weighted by Crippen LogP contribution is -2.58. The van der Waals surface area contributed by atoms with Crippen molar-refractivity contribution in [1.29, 1.82) is 0 Å². The molecule has 0 radical (unpaired) electrons. The van der Waals surface area contributed by atoms with Gasteiger partial charge in [0.2, 0.25) is 17.6 Å². The van der Waals surface area contributed by atoms with Gasteiger partial charge in [0.05, 0.1) is 6.42 Å². The maximum Gasteiger partial charge on any atom is 0.326 e. The van der Waals surface area contributed by atoms with Crippen molar-refractivity contribution in [3.8, 4) is 0 Å². The number of ketones is 2. The predicted molar refractivity (Wildman–Crippen MR) is 145 cm³/mol. The van der Waals surface area contributed by atoms with Crippen LogP contribution in [0.2, 0.25) is 0 Å². The first-order chi connectivity index (χ1) is 19.2. The van der Waals surface area contributed by atoms with Crippen LogP contribution in [0.15, 0.2) is 11.6 Å². The molecular weight excluding hydrogens is 532 g/mol. The predicted octanol–water partition coefficient (Wildman–Crippen LogP) is 1.98. The van der Waals surface area contributed by atoms with Gasteiger partial charge in [0.25, 0.3) is 0 Å². The molecule has 4 rings (SSSR count). The molecule has 0 aliphatic heterocycles. The molecule has 7 atom stereocenters. The van der Waals surface area contributed by atoms with Crippen LogP contribution in [-0.2, 0) is 33.5 Å². The van der Waals surface area contributed by atoms with Gasteiger partial charge in [-0.2, -0.15) is 0 Å². The molecule has 5 N–H and O–H groups in total. The van der Waals surface area contributed by atoms with Crippen molar-refractivity contribution >= 4 is 35.3 Å². The number of ether oxygens (including phenoxy) is 1. The highest BCUT2D eigenvalue weighted by atomic mass is 16.5. The summed E-state index contributed by atoms with van der Waals surface area (Å²) in [5, 5.41) is 23.2. The Labute approximate surface area is 239 Å². The van der Waals surface area contributed by atoms with Gasteiger partial charge in [-0.1, -0.05) is 19.4 Å². The van der Waals surface area contributed by atoms with E-state index >= 15 is 0 Å². The van der Waals surface area contributed by atoms with Gasteiger partial charge in [0.1, 0.15) is 11.6 Å². The number of primary amides is 1. The van der Waals surface area contributed by atoms with Gasteiger partial charge in [-0.25, -0.2) is 4.79 Å². The number of hydrogen-bond donors (Lipinski definition) is 4. The molecule has 0 aromatic carbocycles. The van der Waals surface area contributed by atoms with Crippen molar-refractivity contribution in [2.24, 2.45) is 34.3 Å². The van der Waals surface area contributed by atoms with Crippen molar-refractivity contribution in [3.63, 3.8) is 0 Å². The third-order valence-electron chi connectivity index (χ3n) is 10.8. The molecule has 226 valence electrons. The van der Waals surface area contributed by atoms with E-state index in [2.05, 4.69) is 12.2 Å². The van der Waals surface area contributed by atoms with Crippen molar-refractivity contribution in [2.75, 3.05) is 6.61 Å². The lowest BCUT2D eigenvalue weighted by atomic mass is 9.46. The summed E-state index contributed by atoms with van der Waals surface area (Å²) in [6, 6.07) is -1.32. The fourth-order valence-corrected chi connectivity index (χ4v) is 8.40. The van der Waals surface area contributed by atoms with Crippen LogP contribution < -0.4 is 11.1 Å². The summed E-state index contributed by atoms with van der Waals surface area (Å²) >= 11 is 0. The quantitative estimate of drug-likeness (QED) is 0.267. The largest absolute Gasteiger partial charge is 0.480 e. The van der Waals surface area contributed by atoms with E-state index in [1.54, 1.807) is 0 Å². The minimum atomic E-state index is -1.62. The van der Waals surface area contributed by atoms with Gasteiger partial charge in [-0.15, -0.1) is 0 Å². The molecule has 4 aliphatic carbocycles. The summed E-state index contributed by atoms with van der Waals surface area (Å²) in [7, 11) is 0. The van der Waals surface area contributed by atoms with Crippen LogP contribution in [0, 0.1) is 28.6 Å². The average Bonchev–Trinajstić information content (AvgIpc) is 3.20. The third kappa shape index (κ3) is 5.82. The zero-order valence-electron chi connectivity index (χ0n) is 23.9. The van der Waals surface area contributed by atoms with E-state index in [0.29, 0.717) is 37.5 Å². The molecule has 7 unspecified atom stereocenters. The molecule has 0 spiro atoms. The Morgan fingerprint density at radius 3 is 2.41 bits per heavy atom.